The summed E-state index contributed by atoms with van der Waals surface area (Å²) in [4.78, 5) is 35.9. The second-order valence-electron chi connectivity index (χ2n) is 10.0. The van der Waals surface area contributed by atoms with Crippen molar-refractivity contribution in [3.63, 3.8) is 0 Å². The van der Waals surface area contributed by atoms with Gasteiger partial charge in [0.2, 0.25) is 0 Å². The Bertz CT molecular complexity index is 1240. The number of nitrogens with zero attached hydrogens (tertiary/aromatic N) is 4. The first-order valence-corrected chi connectivity index (χ1v) is 13.4. The minimum atomic E-state index is -0.494. The van der Waals surface area contributed by atoms with Gasteiger partial charge in [-0.05, 0) is 92.3 Å². The first kappa shape index (κ1) is 26.2. The number of hydrogen-bond acceptors (Lipinski definition) is 6. The second-order valence-corrected chi connectivity index (χ2v) is 11.1. The van der Waals surface area contributed by atoms with E-state index >= 15 is 0 Å². The summed E-state index contributed by atoms with van der Waals surface area (Å²) >= 11 is 2.23. The molecule has 10 heteroatoms. The number of carbonyl (C=O) groups excluding carboxylic acids is 2. The third-order valence-electron chi connectivity index (χ3n) is 6.19. The van der Waals surface area contributed by atoms with E-state index in [1.165, 1.54) is 0 Å². The van der Waals surface area contributed by atoms with Gasteiger partial charge in [0.15, 0.2) is 11.5 Å². The lowest BCUT2D eigenvalue weighted by Crippen LogP contribution is -2.43. The molecule has 1 fully saturated rings. The van der Waals surface area contributed by atoms with E-state index in [9.17, 15) is 9.59 Å². The summed E-state index contributed by atoms with van der Waals surface area (Å²) in [5.74, 6) is 0.927. The fourth-order valence-electron chi connectivity index (χ4n) is 4.28. The zero-order valence-corrected chi connectivity index (χ0v) is 23.3. The molecule has 36 heavy (non-hydrogen) atoms. The highest BCUT2D eigenvalue weighted by molar-refractivity contribution is 14.1. The summed E-state index contributed by atoms with van der Waals surface area (Å²) in [5, 5.41) is 6.44. The maximum atomic E-state index is 13.0. The highest BCUT2D eigenvalue weighted by Gasteiger charge is 2.27. The molecule has 1 saturated heterocycles. The molecule has 0 radical (unpaired) electrons. The lowest BCUT2D eigenvalue weighted by Gasteiger charge is -2.33. The molecule has 0 unspecified atom stereocenters. The van der Waals surface area contributed by atoms with E-state index in [1.54, 1.807) is 17.3 Å². The molecule has 1 aliphatic heterocycles. The zero-order valence-electron chi connectivity index (χ0n) is 21.2. The van der Waals surface area contributed by atoms with Crippen LogP contribution in [-0.4, -0.2) is 56.5 Å². The third-order valence-corrected chi connectivity index (χ3v) is 6.99. The Morgan fingerprint density at radius 2 is 1.94 bits per heavy atom. The van der Waals surface area contributed by atoms with E-state index in [1.807, 2.05) is 56.5 Å². The molecule has 2 amide bonds. The molecule has 3 aromatic rings. The third kappa shape index (κ3) is 6.26. The maximum absolute atomic E-state index is 13.0. The van der Waals surface area contributed by atoms with Gasteiger partial charge in [0, 0.05) is 43.3 Å². The van der Waals surface area contributed by atoms with Crippen LogP contribution in [0.4, 0.5) is 16.3 Å². The summed E-state index contributed by atoms with van der Waals surface area (Å²) in [5.41, 5.74) is 2.75. The molecular formula is C26H33IN6O3. The van der Waals surface area contributed by atoms with Crippen molar-refractivity contribution in [2.75, 3.05) is 25.0 Å². The summed E-state index contributed by atoms with van der Waals surface area (Å²) in [6, 6.07) is 5.75. The number of piperidine rings is 1. The molecule has 3 heterocycles. The SMILES string of the molecule is CCc1cc(Nc2nccn3c(I)cnc23)ccc1C(=O)NCC1CCN(C(=O)OC(C)(C)C)CC1. The van der Waals surface area contributed by atoms with Crippen LogP contribution >= 0.6 is 22.6 Å². The monoisotopic (exact) mass is 604 g/mol. The van der Waals surface area contributed by atoms with E-state index in [-0.39, 0.29) is 12.0 Å². The summed E-state index contributed by atoms with van der Waals surface area (Å²) in [7, 11) is 0. The highest BCUT2D eigenvalue weighted by atomic mass is 127. The fraction of sp³-hybridized carbons (Fsp3) is 0.462. The van der Waals surface area contributed by atoms with Gasteiger partial charge >= 0.3 is 6.09 Å². The first-order valence-electron chi connectivity index (χ1n) is 12.3. The van der Waals surface area contributed by atoms with Crippen LogP contribution in [-0.2, 0) is 11.2 Å². The van der Waals surface area contributed by atoms with Crippen molar-refractivity contribution >= 4 is 51.7 Å². The Labute approximate surface area is 225 Å². The van der Waals surface area contributed by atoms with Gasteiger partial charge < -0.3 is 20.3 Å². The molecule has 9 nitrogen and oxygen atoms in total. The number of aromatic nitrogens is 3. The van der Waals surface area contributed by atoms with Crippen LogP contribution in [0.2, 0.25) is 0 Å². The van der Waals surface area contributed by atoms with Crippen LogP contribution in [0.5, 0.6) is 0 Å². The minimum Gasteiger partial charge on any atom is -0.444 e. The van der Waals surface area contributed by atoms with Gasteiger partial charge in [0.25, 0.3) is 5.91 Å². The van der Waals surface area contributed by atoms with E-state index in [0.29, 0.717) is 36.9 Å². The van der Waals surface area contributed by atoms with Crippen LogP contribution in [0, 0.1) is 9.62 Å². The molecule has 0 bridgehead atoms. The van der Waals surface area contributed by atoms with E-state index in [4.69, 9.17) is 4.74 Å². The normalized spacial score (nSPS) is 14.6. The number of carbonyl (C=O) groups is 2. The van der Waals surface area contributed by atoms with Crippen LogP contribution in [0.1, 0.15) is 56.5 Å². The molecule has 0 atom stereocenters. The molecule has 0 aliphatic carbocycles. The lowest BCUT2D eigenvalue weighted by atomic mass is 9.96. The number of ether oxygens (including phenoxy) is 1. The van der Waals surface area contributed by atoms with Crippen molar-refractivity contribution in [2.45, 2.75) is 52.6 Å². The van der Waals surface area contributed by atoms with Gasteiger partial charge in [0.1, 0.15) is 9.30 Å². The number of halogens is 1. The van der Waals surface area contributed by atoms with Crippen molar-refractivity contribution in [1.29, 1.82) is 0 Å². The molecule has 2 aromatic heterocycles. The Balaban J connectivity index is 1.34. The van der Waals surface area contributed by atoms with Crippen LogP contribution < -0.4 is 10.6 Å². The number of amides is 2. The average molecular weight is 604 g/mol. The number of fused-ring (bicyclic) bond motifs is 1. The predicted molar refractivity (Wildman–Crippen MR) is 148 cm³/mol. The fourth-order valence-corrected chi connectivity index (χ4v) is 4.81. The molecule has 2 N–H and O–H groups in total. The number of anilines is 2. The molecule has 0 spiro atoms. The summed E-state index contributed by atoms with van der Waals surface area (Å²) in [6.45, 7) is 9.54. The molecule has 1 aromatic carbocycles. The van der Waals surface area contributed by atoms with E-state index in [0.717, 1.165) is 39.9 Å². The van der Waals surface area contributed by atoms with Gasteiger partial charge in [-0.15, -0.1) is 0 Å². The average Bonchev–Trinajstić information content (AvgIpc) is 3.23. The Kier molecular flexibility index (Phi) is 8.01. The summed E-state index contributed by atoms with van der Waals surface area (Å²) < 4.78 is 8.44. The van der Waals surface area contributed by atoms with Crippen molar-refractivity contribution in [1.82, 2.24) is 24.6 Å². The molecule has 4 rings (SSSR count). The van der Waals surface area contributed by atoms with Crippen LogP contribution in [0.15, 0.2) is 36.8 Å². The second kappa shape index (κ2) is 11.0. The number of likely N-dealkylation sites (tertiary alicyclic amines) is 1. The first-order chi connectivity index (χ1) is 17.1. The number of imidazole rings is 1. The van der Waals surface area contributed by atoms with Crippen molar-refractivity contribution in [3.8, 4) is 0 Å². The number of hydrogen-bond donors (Lipinski definition) is 2. The minimum absolute atomic E-state index is 0.0731. The quantitative estimate of drug-likeness (QED) is 0.384. The predicted octanol–water partition coefficient (Wildman–Crippen LogP) is 5.02. The number of aryl methyl sites for hydroxylation is 1. The lowest BCUT2D eigenvalue weighted by molar-refractivity contribution is 0.0183. The van der Waals surface area contributed by atoms with Crippen molar-refractivity contribution < 1.29 is 14.3 Å². The van der Waals surface area contributed by atoms with Gasteiger partial charge in [-0.25, -0.2) is 14.8 Å². The van der Waals surface area contributed by atoms with Gasteiger partial charge in [-0.1, -0.05) is 6.92 Å². The standard InChI is InChI=1S/C26H33IN6O3/c1-5-18-14-19(31-22-23-29-16-21(27)33(23)13-10-28-22)6-7-20(18)24(34)30-15-17-8-11-32(12-9-17)25(35)36-26(2,3)4/h6-7,10,13-14,16-17H,5,8-9,11-12,15H2,1-4H3,(H,28,31)(H,30,34). The molecule has 0 saturated carbocycles. The topological polar surface area (TPSA) is 101 Å². The Hall–Kier alpha value is -2.89. The smallest absolute Gasteiger partial charge is 0.410 e. The van der Waals surface area contributed by atoms with Crippen LogP contribution in [0.3, 0.4) is 0 Å². The molecular weight excluding hydrogens is 571 g/mol. The maximum Gasteiger partial charge on any atom is 0.410 e. The van der Waals surface area contributed by atoms with E-state index < -0.39 is 5.60 Å². The molecule has 1 aliphatic rings. The van der Waals surface area contributed by atoms with Crippen molar-refractivity contribution in [3.05, 3.63) is 51.6 Å². The highest BCUT2D eigenvalue weighted by Crippen LogP contribution is 2.24. The Morgan fingerprint density at radius 3 is 2.64 bits per heavy atom. The number of nitrogens with one attached hydrogen (secondary N) is 2. The van der Waals surface area contributed by atoms with Crippen molar-refractivity contribution in [2.24, 2.45) is 5.92 Å². The number of rotatable bonds is 6. The summed E-state index contributed by atoms with van der Waals surface area (Å²) in [6.07, 6.45) is 7.56. The molecule has 192 valence electrons. The Morgan fingerprint density at radius 1 is 1.19 bits per heavy atom. The zero-order chi connectivity index (χ0) is 25.9. The van der Waals surface area contributed by atoms with E-state index in [2.05, 4.69) is 43.2 Å². The van der Waals surface area contributed by atoms with Gasteiger partial charge in [0.05, 0.1) is 6.20 Å². The number of benzene rings is 1. The van der Waals surface area contributed by atoms with Crippen LogP contribution in [0.25, 0.3) is 5.65 Å². The van der Waals surface area contributed by atoms with Gasteiger partial charge in [-0.3, -0.25) is 9.20 Å². The van der Waals surface area contributed by atoms with Gasteiger partial charge in [-0.2, -0.15) is 0 Å². The largest absolute Gasteiger partial charge is 0.444 e.